The Morgan fingerprint density at radius 3 is 2.30 bits per heavy atom. The lowest BCUT2D eigenvalue weighted by molar-refractivity contribution is -0.171. The van der Waals surface area contributed by atoms with E-state index in [-0.39, 0.29) is 29.1 Å². The summed E-state index contributed by atoms with van der Waals surface area (Å²) in [7, 11) is 0. The summed E-state index contributed by atoms with van der Waals surface area (Å²) in [5.74, 6) is 0.317. The fraction of sp³-hybridized carbons (Fsp3) is 0.571. The first-order valence-corrected chi connectivity index (χ1v) is 9.92. The minimum Gasteiger partial charge on any atom is -0.455 e. The number of hydrogen-bond donors (Lipinski definition) is 1. The maximum absolute atomic E-state index is 12.8. The Hall–Kier alpha value is -1.88. The van der Waals surface area contributed by atoms with Crippen LogP contribution in [0.5, 0.6) is 0 Å². The van der Waals surface area contributed by atoms with Gasteiger partial charge in [-0.05, 0) is 81.5 Å². The number of alkyl halides is 1. The Morgan fingerprint density at radius 2 is 1.74 bits per heavy atom. The molecule has 1 aromatic rings. The second-order valence-corrected chi connectivity index (χ2v) is 9.45. The molecule has 4 fully saturated rings. The number of rotatable bonds is 5. The van der Waals surface area contributed by atoms with Crippen molar-refractivity contribution in [2.24, 2.45) is 17.3 Å². The van der Waals surface area contributed by atoms with Gasteiger partial charge in [-0.15, -0.1) is 11.6 Å². The molecule has 0 unspecified atom stereocenters. The highest BCUT2D eigenvalue weighted by molar-refractivity contribution is 6.24. The summed E-state index contributed by atoms with van der Waals surface area (Å²) in [5, 5.41) is 2.69. The van der Waals surface area contributed by atoms with Gasteiger partial charge in [0, 0.05) is 16.1 Å². The zero-order valence-electron chi connectivity index (χ0n) is 15.4. The van der Waals surface area contributed by atoms with Gasteiger partial charge in [0.2, 0.25) is 0 Å². The Kier molecular flexibility index (Phi) is 4.53. The van der Waals surface area contributed by atoms with Crippen LogP contribution in [0, 0.1) is 17.3 Å². The van der Waals surface area contributed by atoms with Gasteiger partial charge in [0.1, 0.15) is 0 Å². The number of benzene rings is 1. The summed E-state index contributed by atoms with van der Waals surface area (Å²) < 4.78 is 5.40. The van der Waals surface area contributed by atoms with E-state index in [4.69, 9.17) is 16.3 Å². The number of carbonyl (C=O) groups excluding carboxylic acids is 3. The maximum atomic E-state index is 12.8. The Morgan fingerprint density at radius 1 is 1.11 bits per heavy atom. The monoisotopic (exact) mass is 389 g/mol. The van der Waals surface area contributed by atoms with Gasteiger partial charge < -0.3 is 10.1 Å². The second kappa shape index (κ2) is 6.62. The van der Waals surface area contributed by atoms with E-state index < -0.39 is 5.41 Å². The topological polar surface area (TPSA) is 72.5 Å². The number of halogens is 1. The highest BCUT2D eigenvalue weighted by Crippen LogP contribution is 2.64. The van der Waals surface area contributed by atoms with Crippen LogP contribution >= 0.6 is 11.6 Å². The zero-order valence-corrected chi connectivity index (χ0v) is 16.2. The summed E-state index contributed by atoms with van der Waals surface area (Å²) in [4.78, 5) is 36.0. The first-order chi connectivity index (χ1) is 12.8. The van der Waals surface area contributed by atoms with Gasteiger partial charge in [-0.1, -0.05) is 0 Å². The van der Waals surface area contributed by atoms with Gasteiger partial charge >= 0.3 is 5.97 Å². The predicted octanol–water partition coefficient (Wildman–Crippen LogP) is 3.95. The molecule has 0 aromatic heterocycles. The van der Waals surface area contributed by atoms with E-state index in [2.05, 4.69) is 5.32 Å². The number of ether oxygens (including phenoxy) is 1. The largest absolute Gasteiger partial charge is 0.455 e. The van der Waals surface area contributed by atoms with E-state index in [9.17, 15) is 14.4 Å². The van der Waals surface area contributed by atoms with Crippen LogP contribution in [0.15, 0.2) is 24.3 Å². The molecule has 0 saturated heterocycles. The molecule has 4 aliphatic rings. The van der Waals surface area contributed by atoms with Crippen LogP contribution in [0.25, 0.3) is 0 Å². The average molecular weight is 390 g/mol. The molecule has 27 heavy (non-hydrogen) atoms. The Bertz CT molecular complexity index is 774. The average Bonchev–Trinajstić information content (AvgIpc) is 2.58. The van der Waals surface area contributed by atoms with Gasteiger partial charge in [-0.3, -0.25) is 14.4 Å². The van der Waals surface area contributed by atoms with E-state index in [1.54, 1.807) is 24.3 Å². The summed E-state index contributed by atoms with van der Waals surface area (Å²) in [6, 6.07) is 6.62. The third kappa shape index (κ3) is 3.62. The van der Waals surface area contributed by atoms with Crippen LogP contribution in [0.2, 0.25) is 0 Å². The first kappa shape index (κ1) is 18.5. The lowest BCUT2D eigenvalue weighted by atomic mass is 9.49. The molecular weight excluding hydrogens is 366 g/mol. The van der Waals surface area contributed by atoms with E-state index >= 15 is 0 Å². The minimum atomic E-state index is -0.505. The van der Waals surface area contributed by atoms with Crippen LogP contribution in [0.4, 0.5) is 5.69 Å². The number of carbonyl (C=O) groups is 3. The van der Waals surface area contributed by atoms with Crippen LogP contribution < -0.4 is 5.32 Å². The van der Waals surface area contributed by atoms with Crippen molar-refractivity contribution in [3.63, 3.8) is 0 Å². The van der Waals surface area contributed by atoms with Crippen LogP contribution in [0.1, 0.15) is 55.8 Å². The summed E-state index contributed by atoms with van der Waals surface area (Å²) in [6.07, 6.45) is 5.51. The molecule has 5 nitrogen and oxygen atoms in total. The highest BCUT2D eigenvalue weighted by Gasteiger charge is 2.60. The second-order valence-electron chi connectivity index (χ2n) is 8.65. The summed E-state index contributed by atoms with van der Waals surface area (Å²) in [5.41, 5.74) is 0.640. The molecule has 4 aliphatic carbocycles. The van der Waals surface area contributed by atoms with E-state index in [1.165, 1.54) is 13.3 Å². The lowest BCUT2D eigenvalue weighted by Crippen LogP contribution is -2.56. The molecule has 4 saturated carbocycles. The van der Waals surface area contributed by atoms with Gasteiger partial charge in [0.25, 0.3) is 5.91 Å². The van der Waals surface area contributed by atoms with Gasteiger partial charge in [-0.25, -0.2) is 0 Å². The first-order valence-electron chi connectivity index (χ1n) is 9.54. The molecular formula is C21H24ClNO4. The quantitative estimate of drug-likeness (QED) is 0.470. The molecule has 1 N–H and O–H groups in total. The molecule has 0 spiro atoms. The van der Waals surface area contributed by atoms with Gasteiger partial charge in [0.15, 0.2) is 12.4 Å². The van der Waals surface area contributed by atoms with Crippen molar-refractivity contribution >= 4 is 34.9 Å². The molecule has 1 amide bonds. The van der Waals surface area contributed by atoms with Crippen LogP contribution in [-0.4, -0.2) is 29.1 Å². The minimum absolute atomic E-state index is 0.0329. The Balaban J connectivity index is 1.34. The standard InChI is InChI=1S/C21H24ClNO4/c1-13(24)16-2-4-17(5-3-16)23-18(25)11-27-19(26)20-7-14-6-15(8-20)10-21(22,9-14)12-20/h2-5,14-15H,6-12H2,1H3,(H,23,25)/t14-,15-,20?,21?/m1/s1. The van der Waals surface area contributed by atoms with E-state index in [0.29, 0.717) is 29.5 Å². The number of hydrogen-bond acceptors (Lipinski definition) is 4. The molecule has 0 heterocycles. The van der Waals surface area contributed by atoms with Gasteiger partial charge in [-0.2, -0.15) is 0 Å². The highest BCUT2D eigenvalue weighted by atomic mass is 35.5. The maximum Gasteiger partial charge on any atom is 0.312 e. The molecule has 5 rings (SSSR count). The van der Waals surface area contributed by atoms with E-state index in [1.807, 2.05) is 0 Å². The van der Waals surface area contributed by atoms with Crippen molar-refractivity contribution in [2.45, 2.75) is 50.3 Å². The molecule has 1 aromatic carbocycles. The normalized spacial score (nSPS) is 33.6. The molecule has 0 radical (unpaired) electrons. The number of esters is 1. The fourth-order valence-electron chi connectivity index (χ4n) is 5.66. The number of Topliss-reactive ketones (excluding diaryl/α,β-unsaturated/α-hetero) is 1. The summed E-state index contributed by atoms with van der Waals surface area (Å²) in [6.45, 7) is 1.18. The third-order valence-corrected chi connectivity index (χ3v) is 6.77. The van der Waals surface area contributed by atoms with Crippen molar-refractivity contribution < 1.29 is 19.1 Å². The molecule has 4 bridgehead atoms. The van der Waals surface area contributed by atoms with Crippen LogP contribution in [-0.2, 0) is 14.3 Å². The van der Waals surface area contributed by atoms with Crippen molar-refractivity contribution in [1.29, 1.82) is 0 Å². The number of anilines is 1. The molecule has 2 atom stereocenters. The van der Waals surface area contributed by atoms with Gasteiger partial charge in [0.05, 0.1) is 5.41 Å². The SMILES string of the molecule is CC(=O)c1ccc(NC(=O)COC(=O)C23C[C@H]4C[C@@H](CC(Cl)(C4)C2)C3)cc1. The van der Waals surface area contributed by atoms with Crippen molar-refractivity contribution in [2.75, 3.05) is 11.9 Å². The van der Waals surface area contributed by atoms with Crippen molar-refractivity contribution in [1.82, 2.24) is 0 Å². The smallest absolute Gasteiger partial charge is 0.312 e. The lowest BCUT2D eigenvalue weighted by Gasteiger charge is -2.58. The number of amides is 1. The number of ketones is 1. The van der Waals surface area contributed by atoms with E-state index in [0.717, 1.165) is 25.7 Å². The predicted molar refractivity (Wildman–Crippen MR) is 102 cm³/mol. The molecule has 6 heteroatoms. The van der Waals surface area contributed by atoms with Crippen molar-refractivity contribution in [3.05, 3.63) is 29.8 Å². The van der Waals surface area contributed by atoms with Crippen LogP contribution in [0.3, 0.4) is 0 Å². The van der Waals surface area contributed by atoms with Crippen molar-refractivity contribution in [3.8, 4) is 0 Å². The molecule has 144 valence electrons. The summed E-state index contributed by atoms with van der Waals surface area (Å²) >= 11 is 6.76. The number of nitrogens with one attached hydrogen (secondary N) is 1. The molecule has 0 aliphatic heterocycles. The Labute approximate surface area is 163 Å². The zero-order chi connectivity index (χ0) is 19.2. The third-order valence-electron chi connectivity index (χ3n) is 6.33. The fourth-order valence-corrected chi connectivity index (χ4v) is 6.35.